The Bertz CT molecular complexity index is 332. The van der Waals surface area contributed by atoms with E-state index in [1.807, 2.05) is 0 Å². The van der Waals surface area contributed by atoms with Gasteiger partial charge in [0, 0.05) is 13.1 Å². The Labute approximate surface area is 82.6 Å². The molecule has 1 aromatic rings. The zero-order valence-corrected chi connectivity index (χ0v) is 7.54. The topological polar surface area (TPSA) is 60.2 Å². The summed E-state index contributed by atoms with van der Waals surface area (Å²) in [5.74, 6) is -1.42. The summed E-state index contributed by atoms with van der Waals surface area (Å²) in [6.07, 6.45) is -5.17. The van der Waals surface area contributed by atoms with Crippen LogP contribution in [0.3, 0.4) is 0 Å². The van der Waals surface area contributed by atoms with E-state index in [2.05, 4.69) is 20.0 Å². The summed E-state index contributed by atoms with van der Waals surface area (Å²) in [5.41, 5.74) is 0. The fourth-order valence-corrected chi connectivity index (χ4v) is 1.21. The van der Waals surface area contributed by atoms with Gasteiger partial charge in [0.2, 0.25) is 5.82 Å². The van der Waals surface area contributed by atoms with Crippen LogP contribution in [0, 0.1) is 0 Å². The number of nitrogens with zero attached hydrogens (tertiary/aromatic N) is 2. The van der Waals surface area contributed by atoms with Crippen LogP contribution in [0.25, 0.3) is 0 Å². The van der Waals surface area contributed by atoms with Crippen LogP contribution >= 0.6 is 0 Å². The summed E-state index contributed by atoms with van der Waals surface area (Å²) in [6.45, 7) is 1.47. The number of rotatable bonds is 1. The predicted octanol–water partition coefficient (Wildman–Crippen LogP) is 0.749. The van der Waals surface area contributed by atoms with Crippen LogP contribution in [0.2, 0.25) is 0 Å². The van der Waals surface area contributed by atoms with Crippen LogP contribution in [0.1, 0.15) is 17.8 Å². The molecule has 1 fully saturated rings. The van der Waals surface area contributed by atoms with E-state index in [9.17, 15) is 13.2 Å². The number of ether oxygens (including phenoxy) is 1. The van der Waals surface area contributed by atoms with Crippen LogP contribution in [0.4, 0.5) is 13.2 Å². The fraction of sp³-hybridized carbons (Fsp3) is 0.714. The standard InChI is InChI=1S/C7H8F3N3O2/c8-7(9,10)6-12-5(13-15-6)4-3-11-1-2-14-4/h4,11H,1-3H2. The van der Waals surface area contributed by atoms with Crippen molar-refractivity contribution in [3.8, 4) is 0 Å². The van der Waals surface area contributed by atoms with Crippen molar-refractivity contribution in [1.29, 1.82) is 0 Å². The van der Waals surface area contributed by atoms with Gasteiger partial charge in [-0.1, -0.05) is 5.16 Å². The number of alkyl halides is 3. The third-order valence-corrected chi connectivity index (χ3v) is 1.90. The lowest BCUT2D eigenvalue weighted by atomic mass is 10.3. The maximum Gasteiger partial charge on any atom is 0.471 e. The van der Waals surface area contributed by atoms with Gasteiger partial charge >= 0.3 is 12.1 Å². The Kier molecular flexibility index (Phi) is 2.61. The molecule has 0 amide bonds. The molecule has 8 heteroatoms. The molecule has 0 bridgehead atoms. The van der Waals surface area contributed by atoms with E-state index in [1.54, 1.807) is 0 Å². The van der Waals surface area contributed by atoms with E-state index in [-0.39, 0.29) is 5.82 Å². The van der Waals surface area contributed by atoms with Gasteiger partial charge in [-0.25, -0.2) is 0 Å². The summed E-state index contributed by atoms with van der Waals surface area (Å²) in [7, 11) is 0. The lowest BCUT2D eigenvalue weighted by molar-refractivity contribution is -0.159. The van der Waals surface area contributed by atoms with Crippen molar-refractivity contribution >= 4 is 0 Å². The number of halogens is 3. The first kappa shape index (κ1) is 10.4. The van der Waals surface area contributed by atoms with Gasteiger partial charge in [-0.05, 0) is 0 Å². The van der Waals surface area contributed by atoms with Crippen molar-refractivity contribution in [2.24, 2.45) is 0 Å². The summed E-state index contributed by atoms with van der Waals surface area (Å²) in [4.78, 5) is 3.24. The van der Waals surface area contributed by atoms with Crippen molar-refractivity contribution < 1.29 is 22.4 Å². The highest BCUT2D eigenvalue weighted by Gasteiger charge is 2.39. The molecule has 2 heterocycles. The molecule has 0 radical (unpaired) electrons. The third-order valence-electron chi connectivity index (χ3n) is 1.90. The first-order valence-corrected chi connectivity index (χ1v) is 4.30. The van der Waals surface area contributed by atoms with Gasteiger partial charge in [0.1, 0.15) is 6.10 Å². The van der Waals surface area contributed by atoms with Crippen LogP contribution < -0.4 is 5.32 Å². The summed E-state index contributed by atoms with van der Waals surface area (Å²) >= 11 is 0. The van der Waals surface area contributed by atoms with Crippen molar-refractivity contribution in [1.82, 2.24) is 15.5 Å². The summed E-state index contributed by atoms with van der Waals surface area (Å²) < 4.78 is 45.6. The SMILES string of the molecule is FC(F)(F)c1nc(C2CNCCO2)no1. The second kappa shape index (κ2) is 3.78. The number of aromatic nitrogens is 2. The highest BCUT2D eigenvalue weighted by Crippen LogP contribution is 2.28. The van der Waals surface area contributed by atoms with E-state index in [4.69, 9.17) is 4.74 Å². The van der Waals surface area contributed by atoms with Crippen molar-refractivity contribution in [3.05, 3.63) is 11.7 Å². The van der Waals surface area contributed by atoms with Crippen LogP contribution in [0.5, 0.6) is 0 Å². The molecular formula is C7H8F3N3O2. The molecular weight excluding hydrogens is 215 g/mol. The van der Waals surface area contributed by atoms with Gasteiger partial charge < -0.3 is 14.6 Å². The largest absolute Gasteiger partial charge is 0.471 e. The summed E-state index contributed by atoms with van der Waals surface area (Å²) in [6, 6.07) is 0. The first-order chi connectivity index (χ1) is 7.07. The molecule has 0 aromatic carbocycles. The minimum atomic E-state index is -4.60. The molecule has 84 valence electrons. The van der Waals surface area contributed by atoms with Crippen LogP contribution in [-0.4, -0.2) is 29.8 Å². The van der Waals surface area contributed by atoms with Crippen molar-refractivity contribution in [2.45, 2.75) is 12.3 Å². The molecule has 1 N–H and O–H groups in total. The predicted molar refractivity (Wildman–Crippen MR) is 40.9 cm³/mol. The molecule has 15 heavy (non-hydrogen) atoms. The van der Waals surface area contributed by atoms with Crippen molar-refractivity contribution in [3.63, 3.8) is 0 Å². The minimum absolute atomic E-state index is 0.0745. The molecule has 0 saturated carbocycles. The molecule has 1 unspecified atom stereocenters. The Morgan fingerprint density at radius 3 is 2.73 bits per heavy atom. The van der Waals surface area contributed by atoms with Gasteiger partial charge in [0.05, 0.1) is 6.61 Å². The van der Waals surface area contributed by atoms with Gasteiger partial charge in [-0.15, -0.1) is 0 Å². The molecule has 1 aliphatic rings. The molecule has 2 rings (SSSR count). The summed E-state index contributed by atoms with van der Waals surface area (Å²) in [5, 5.41) is 6.19. The molecule has 1 saturated heterocycles. The smallest absolute Gasteiger partial charge is 0.367 e. The van der Waals surface area contributed by atoms with Gasteiger partial charge in [0.15, 0.2) is 0 Å². The van der Waals surface area contributed by atoms with E-state index >= 15 is 0 Å². The Balaban J connectivity index is 2.12. The number of morpholine rings is 1. The number of hydrogen-bond donors (Lipinski definition) is 1. The van der Waals surface area contributed by atoms with Gasteiger partial charge in [-0.3, -0.25) is 0 Å². The molecule has 1 aliphatic heterocycles. The van der Waals surface area contributed by atoms with E-state index in [0.29, 0.717) is 19.7 Å². The normalized spacial score (nSPS) is 23.0. The lowest BCUT2D eigenvalue weighted by Crippen LogP contribution is -2.33. The maximum absolute atomic E-state index is 12.1. The zero-order valence-electron chi connectivity index (χ0n) is 7.54. The molecule has 0 aliphatic carbocycles. The van der Waals surface area contributed by atoms with Gasteiger partial charge in [0.25, 0.3) is 0 Å². The molecule has 0 spiro atoms. The average molecular weight is 223 g/mol. The maximum atomic E-state index is 12.1. The molecule has 5 nitrogen and oxygen atoms in total. The van der Waals surface area contributed by atoms with E-state index in [0.717, 1.165) is 0 Å². The zero-order chi connectivity index (χ0) is 10.9. The molecule has 1 atom stereocenters. The number of hydrogen-bond acceptors (Lipinski definition) is 5. The van der Waals surface area contributed by atoms with E-state index < -0.39 is 18.2 Å². The first-order valence-electron chi connectivity index (χ1n) is 4.30. The Morgan fingerprint density at radius 1 is 1.40 bits per heavy atom. The molecule has 1 aromatic heterocycles. The van der Waals surface area contributed by atoms with Crippen molar-refractivity contribution in [2.75, 3.05) is 19.7 Å². The highest BCUT2D eigenvalue weighted by molar-refractivity contribution is 4.95. The fourth-order valence-electron chi connectivity index (χ4n) is 1.21. The monoisotopic (exact) mass is 223 g/mol. The number of nitrogens with one attached hydrogen (secondary N) is 1. The quantitative estimate of drug-likeness (QED) is 0.761. The minimum Gasteiger partial charge on any atom is -0.367 e. The van der Waals surface area contributed by atoms with E-state index in [1.165, 1.54) is 0 Å². The van der Waals surface area contributed by atoms with Crippen LogP contribution in [0.15, 0.2) is 4.52 Å². The Morgan fingerprint density at radius 2 is 2.20 bits per heavy atom. The second-order valence-electron chi connectivity index (χ2n) is 3.02. The third kappa shape index (κ3) is 2.26. The Hall–Kier alpha value is -1.15. The lowest BCUT2D eigenvalue weighted by Gasteiger charge is -2.20. The highest BCUT2D eigenvalue weighted by atomic mass is 19.4. The average Bonchev–Trinajstić information content (AvgIpc) is 2.67. The van der Waals surface area contributed by atoms with Gasteiger partial charge in [-0.2, -0.15) is 18.2 Å². The van der Waals surface area contributed by atoms with Crippen LogP contribution in [-0.2, 0) is 10.9 Å². The second-order valence-corrected chi connectivity index (χ2v) is 3.02.